The monoisotopic (exact) mass is 688 g/mol. The lowest BCUT2D eigenvalue weighted by atomic mass is 9.87. The third-order valence-electron chi connectivity index (χ3n) is 5.91. The first kappa shape index (κ1) is 41.7. The first-order valence-electron chi connectivity index (χ1n) is 12.2. The summed E-state index contributed by atoms with van der Waals surface area (Å²) < 4.78 is 225. The van der Waals surface area contributed by atoms with Gasteiger partial charge in [-0.2, -0.15) is 70.2 Å². The Kier molecular flexibility index (Phi) is 11.9. The number of amides is 2. The van der Waals surface area contributed by atoms with Gasteiger partial charge in [0.05, 0.1) is 55.4 Å². The van der Waals surface area contributed by atoms with E-state index in [1.807, 2.05) is 0 Å². The van der Waals surface area contributed by atoms with E-state index in [1.165, 1.54) is 42.3 Å². The molecular weight excluding hydrogens is 656 g/mol. The fourth-order valence-electron chi connectivity index (χ4n) is 3.20. The van der Waals surface area contributed by atoms with Crippen molar-refractivity contribution in [1.29, 1.82) is 0 Å². The first-order valence-corrected chi connectivity index (χ1v) is 12.2. The predicted octanol–water partition coefficient (Wildman–Crippen LogP) is 4.49. The number of carbonyl (C=O) groups excluding carboxylic acids is 2. The van der Waals surface area contributed by atoms with Crippen molar-refractivity contribution in [2.75, 3.05) is 68.5 Å². The number of rotatable bonds is 17. The molecule has 0 bridgehead atoms. The molecule has 44 heavy (non-hydrogen) atoms. The predicted molar refractivity (Wildman–Crippen MR) is 121 cm³/mol. The molecule has 262 valence electrons. The average Bonchev–Trinajstić information content (AvgIpc) is 2.81. The molecule has 2 amide bonds. The summed E-state index contributed by atoms with van der Waals surface area (Å²) in [4.78, 5) is 22.9. The van der Waals surface area contributed by atoms with Gasteiger partial charge >= 0.3 is 47.4 Å². The van der Waals surface area contributed by atoms with Crippen molar-refractivity contribution in [3.05, 3.63) is 0 Å². The lowest BCUT2D eigenvalue weighted by Crippen LogP contribution is -2.76. The quantitative estimate of drug-likeness (QED) is 0.135. The zero-order valence-corrected chi connectivity index (χ0v) is 24.0. The van der Waals surface area contributed by atoms with Crippen molar-refractivity contribution in [3.63, 3.8) is 0 Å². The van der Waals surface area contributed by atoms with Crippen LogP contribution in [0.1, 0.15) is 12.8 Å². The largest absolute Gasteiger partial charge is 0.392 e. The van der Waals surface area contributed by atoms with Crippen LogP contribution < -0.4 is 10.6 Å². The molecule has 0 aliphatic carbocycles. The Morgan fingerprint density at radius 2 is 0.636 bits per heavy atom. The highest BCUT2D eigenvalue weighted by molar-refractivity contribution is 5.85. The van der Waals surface area contributed by atoms with Gasteiger partial charge in [0.1, 0.15) is 0 Å². The van der Waals surface area contributed by atoms with Gasteiger partial charge in [-0.15, -0.1) is 0 Å². The number of halogens is 16. The van der Waals surface area contributed by atoms with E-state index in [4.69, 9.17) is 0 Å². The molecule has 0 aliphatic rings. The third kappa shape index (κ3) is 7.57. The summed E-state index contributed by atoms with van der Waals surface area (Å²) in [6.45, 7) is -2.00. The Bertz CT molecular complexity index is 941. The Balaban J connectivity index is 6.39. The molecule has 0 rings (SSSR count). The van der Waals surface area contributed by atoms with Crippen LogP contribution in [-0.2, 0) is 9.59 Å². The Hall–Kier alpha value is -2.26. The van der Waals surface area contributed by atoms with Crippen molar-refractivity contribution < 1.29 is 88.8 Å². The minimum Gasteiger partial charge on any atom is -0.350 e. The number of nitrogens with one attached hydrogen (secondary N) is 2. The molecule has 0 unspecified atom stereocenters. The van der Waals surface area contributed by atoms with Gasteiger partial charge in [-0.05, 0) is 0 Å². The van der Waals surface area contributed by atoms with E-state index in [0.29, 0.717) is 0 Å². The molecule has 0 fully saturated rings. The molecule has 0 saturated heterocycles. The number of nitrogens with zero attached hydrogens (tertiary/aromatic N) is 2. The van der Waals surface area contributed by atoms with Crippen LogP contribution in [0.5, 0.6) is 0 Å². The van der Waals surface area contributed by atoms with Crippen LogP contribution in [0, 0.1) is 0 Å². The number of alkyl halides is 16. The van der Waals surface area contributed by atoms with E-state index in [0.717, 1.165) is 10.6 Å². The lowest BCUT2D eigenvalue weighted by Gasteiger charge is -2.43. The molecule has 0 aromatic rings. The van der Waals surface area contributed by atoms with Crippen LogP contribution in [-0.4, -0.2) is 137 Å². The molecule has 0 aromatic heterocycles. The van der Waals surface area contributed by atoms with Crippen LogP contribution in [0.25, 0.3) is 0 Å². The zero-order chi connectivity index (χ0) is 35.8. The average molecular weight is 688 g/mol. The number of hydrogen-bond donors (Lipinski definition) is 2. The maximum atomic E-state index is 14.1. The molecule has 0 heterocycles. The molecule has 2 N–H and O–H groups in total. The van der Waals surface area contributed by atoms with Crippen molar-refractivity contribution in [1.82, 2.24) is 10.6 Å². The minimum absolute atomic E-state index is 0.00483. The topological polar surface area (TPSA) is 58.2 Å². The highest BCUT2D eigenvalue weighted by atomic mass is 19.4. The van der Waals surface area contributed by atoms with Gasteiger partial charge in [-0.3, -0.25) is 9.59 Å². The van der Waals surface area contributed by atoms with E-state index in [9.17, 15) is 79.8 Å². The zero-order valence-electron chi connectivity index (χ0n) is 24.0. The second-order valence-electron chi connectivity index (χ2n) is 11.8. The molecule has 0 atom stereocenters. The standard InChI is InChI=1S/C22H30F16N4O2/c1-41(2,3)11-7-9-39-13(43)15(23,24)17(27,28)19(31,32)21(35,36)22(37,38)20(33,34)18(29,30)16(25,26)14(44)40-10-8-12-42(4,5)6/h7-12H2,1-6H3/p+2. The molecule has 6 nitrogen and oxygen atoms in total. The van der Waals surface area contributed by atoms with E-state index < -0.39 is 72.3 Å². The van der Waals surface area contributed by atoms with Crippen LogP contribution in [0.4, 0.5) is 70.2 Å². The fourth-order valence-corrected chi connectivity index (χ4v) is 3.20. The van der Waals surface area contributed by atoms with E-state index >= 15 is 0 Å². The van der Waals surface area contributed by atoms with Crippen LogP contribution in [0.2, 0.25) is 0 Å². The van der Waals surface area contributed by atoms with Gasteiger partial charge in [-0.1, -0.05) is 0 Å². The van der Waals surface area contributed by atoms with Crippen molar-refractivity contribution in [3.8, 4) is 0 Å². The fraction of sp³-hybridized carbons (Fsp3) is 0.909. The highest BCUT2D eigenvalue weighted by Gasteiger charge is 2.95. The van der Waals surface area contributed by atoms with Gasteiger partial charge in [0, 0.05) is 25.9 Å². The molecule has 0 aromatic carbocycles. The van der Waals surface area contributed by atoms with Gasteiger partial charge in [0.2, 0.25) is 0 Å². The Morgan fingerprint density at radius 1 is 0.432 bits per heavy atom. The van der Waals surface area contributed by atoms with Crippen molar-refractivity contribution in [2.45, 2.75) is 60.2 Å². The molecule has 0 radical (unpaired) electrons. The van der Waals surface area contributed by atoms with Gasteiger partial charge in [0.25, 0.3) is 11.8 Å². The first-order chi connectivity index (χ1) is 19.0. The second kappa shape index (κ2) is 12.5. The van der Waals surface area contributed by atoms with Crippen LogP contribution in [0.3, 0.4) is 0 Å². The Morgan fingerprint density at radius 3 is 0.841 bits per heavy atom. The SMILES string of the molecule is C[N+](C)(C)CCCNC(=O)C(F)(F)C(F)(F)C(F)(F)C(F)(F)C(F)(F)C(F)(F)C(F)(F)C(F)(F)C(=O)NCCC[N+](C)(C)C. The summed E-state index contributed by atoms with van der Waals surface area (Å²) in [5.74, 6) is -71.5. The molecule has 0 aliphatic heterocycles. The summed E-state index contributed by atoms with van der Waals surface area (Å²) in [7, 11) is 9.02. The number of carbonyl (C=O) groups is 2. The molecular formula is C22H32F16N4O2+2. The molecule has 0 saturated carbocycles. The Labute approximate surface area is 240 Å². The lowest BCUT2D eigenvalue weighted by molar-refractivity contribution is -0.870. The molecule has 22 heteroatoms. The summed E-state index contributed by atoms with van der Waals surface area (Å²) in [5, 5.41) is 1.84. The minimum atomic E-state index is -8.69. The van der Waals surface area contributed by atoms with Crippen LogP contribution >= 0.6 is 0 Å². The van der Waals surface area contributed by atoms with E-state index in [2.05, 4.69) is 0 Å². The van der Waals surface area contributed by atoms with Crippen molar-refractivity contribution in [2.24, 2.45) is 0 Å². The summed E-state index contributed by atoms with van der Waals surface area (Å²) in [6, 6.07) is 0. The van der Waals surface area contributed by atoms with Gasteiger partial charge < -0.3 is 19.6 Å². The summed E-state index contributed by atoms with van der Waals surface area (Å²) in [5.41, 5.74) is 0. The summed E-state index contributed by atoms with van der Waals surface area (Å²) >= 11 is 0. The second-order valence-corrected chi connectivity index (χ2v) is 11.8. The van der Waals surface area contributed by atoms with Gasteiger partial charge in [-0.25, -0.2) is 0 Å². The smallest absolute Gasteiger partial charge is 0.350 e. The maximum absolute atomic E-state index is 14.1. The third-order valence-corrected chi connectivity index (χ3v) is 5.91. The summed E-state index contributed by atoms with van der Waals surface area (Å²) in [6.07, 6.45) is -0.666. The van der Waals surface area contributed by atoms with E-state index in [1.54, 1.807) is 0 Å². The number of quaternary nitrogens is 2. The van der Waals surface area contributed by atoms with E-state index in [-0.39, 0.29) is 34.9 Å². The number of hydrogen-bond acceptors (Lipinski definition) is 2. The normalized spacial score (nSPS) is 15.3. The molecule has 0 spiro atoms. The van der Waals surface area contributed by atoms with Crippen molar-refractivity contribution >= 4 is 11.8 Å². The highest BCUT2D eigenvalue weighted by Crippen LogP contribution is 2.63. The van der Waals surface area contributed by atoms with Gasteiger partial charge in [0.15, 0.2) is 0 Å². The van der Waals surface area contributed by atoms with Crippen LogP contribution in [0.15, 0.2) is 0 Å². The maximum Gasteiger partial charge on any atom is 0.392 e.